The van der Waals surface area contributed by atoms with Gasteiger partial charge in [0.15, 0.2) is 5.58 Å². The molecule has 1 aromatic heterocycles. The highest BCUT2D eigenvalue weighted by molar-refractivity contribution is 9.10. The number of benzene rings is 3. The van der Waals surface area contributed by atoms with Crippen molar-refractivity contribution < 1.29 is 9.21 Å². The highest BCUT2D eigenvalue weighted by atomic mass is 79.9. The van der Waals surface area contributed by atoms with Crippen LogP contribution in [0.1, 0.15) is 22.8 Å². The number of fused-ring (bicyclic) bond motifs is 1. The molecule has 4 rings (SSSR count). The fourth-order valence-corrected chi connectivity index (χ4v) is 3.79. The number of rotatable bonds is 4. The molecule has 0 aliphatic heterocycles. The molecule has 0 aliphatic rings. The highest BCUT2D eigenvalue weighted by Crippen LogP contribution is 2.31. The minimum absolute atomic E-state index is 0.269. The van der Waals surface area contributed by atoms with E-state index in [1.807, 2.05) is 24.3 Å². The van der Waals surface area contributed by atoms with E-state index in [1.165, 1.54) is 11.6 Å². The number of carbonyl (C=O) groups is 1. The summed E-state index contributed by atoms with van der Waals surface area (Å²) in [5.41, 5.74) is 4.61. The van der Waals surface area contributed by atoms with Crippen molar-refractivity contribution in [1.82, 2.24) is 4.98 Å². The minimum Gasteiger partial charge on any atom is -0.435 e. The van der Waals surface area contributed by atoms with Crippen molar-refractivity contribution in [1.29, 1.82) is 0 Å². The van der Waals surface area contributed by atoms with Gasteiger partial charge in [-0.05, 0) is 82.5 Å². The number of aryl methyl sites for hydroxylation is 1. The average molecular weight is 490 g/mol. The van der Waals surface area contributed by atoms with Gasteiger partial charge in [0.2, 0.25) is 5.89 Å². The van der Waals surface area contributed by atoms with E-state index in [1.54, 1.807) is 24.3 Å². The molecule has 0 aliphatic carbocycles. The van der Waals surface area contributed by atoms with Gasteiger partial charge in [0.05, 0.1) is 14.5 Å². The van der Waals surface area contributed by atoms with Crippen LogP contribution in [0.15, 0.2) is 63.5 Å². The third-order valence-electron chi connectivity index (χ3n) is 4.48. The Morgan fingerprint density at radius 2 is 1.83 bits per heavy atom. The Morgan fingerprint density at radius 1 is 1.07 bits per heavy atom. The Bertz CT molecular complexity index is 1220. The van der Waals surface area contributed by atoms with Crippen LogP contribution in [-0.2, 0) is 6.42 Å². The molecular weight excluding hydrogens is 475 g/mol. The van der Waals surface area contributed by atoms with E-state index < -0.39 is 0 Å². The maximum atomic E-state index is 12.4. The second-order valence-corrected chi connectivity index (χ2v) is 8.13. The zero-order valence-corrected chi connectivity index (χ0v) is 18.4. The lowest BCUT2D eigenvalue weighted by Gasteiger charge is -2.06. The Kier molecular flexibility index (Phi) is 5.63. The van der Waals surface area contributed by atoms with E-state index in [0.717, 1.165) is 22.0 Å². The molecule has 0 bridgehead atoms. The molecule has 0 saturated carbocycles. The molecule has 3 aromatic carbocycles. The lowest BCUT2D eigenvalue weighted by molar-refractivity contribution is 0.102. The molecule has 0 radical (unpaired) electrons. The predicted octanol–water partition coefficient (Wildman–Crippen LogP) is 7.38. The van der Waals surface area contributed by atoms with E-state index >= 15 is 0 Å². The Hall–Kier alpha value is -2.34. The molecule has 7 heteroatoms. The third-order valence-corrected chi connectivity index (χ3v) is 5.81. The summed E-state index contributed by atoms with van der Waals surface area (Å²) in [5, 5.41) is 3.58. The number of carbonyl (C=O) groups excluding carboxylic acids is 1. The van der Waals surface area contributed by atoms with Crippen LogP contribution in [0.3, 0.4) is 0 Å². The van der Waals surface area contributed by atoms with Crippen LogP contribution in [0.4, 0.5) is 5.69 Å². The van der Waals surface area contributed by atoms with Gasteiger partial charge in [-0.25, -0.2) is 4.98 Å². The summed E-state index contributed by atoms with van der Waals surface area (Å²) in [5.74, 6) is 0.255. The highest BCUT2D eigenvalue weighted by Gasteiger charge is 2.13. The molecule has 1 amide bonds. The molecule has 4 aromatic rings. The second kappa shape index (κ2) is 8.19. The molecule has 29 heavy (non-hydrogen) atoms. The molecule has 0 unspecified atom stereocenters. The summed E-state index contributed by atoms with van der Waals surface area (Å²) >= 11 is 15.4. The van der Waals surface area contributed by atoms with E-state index in [9.17, 15) is 4.79 Å². The van der Waals surface area contributed by atoms with Crippen molar-refractivity contribution in [2.24, 2.45) is 0 Å². The smallest absolute Gasteiger partial charge is 0.255 e. The van der Waals surface area contributed by atoms with Crippen molar-refractivity contribution in [3.63, 3.8) is 0 Å². The van der Waals surface area contributed by atoms with Gasteiger partial charge >= 0.3 is 0 Å². The van der Waals surface area contributed by atoms with Gasteiger partial charge in [0.1, 0.15) is 5.52 Å². The number of nitrogens with one attached hydrogen (secondary N) is 1. The number of oxazole rings is 1. The van der Waals surface area contributed by atoms with Crippen LogP contribution in [0.5, 0.6) is 0 Å². The molecule has 4 nitrogen and oxygen atoms in total. The van der Waals surface area contributed by atoms with Gasteiger partial charge in [-0.3, -0.25) is 4.79 Å². The topological polar surface area (TPSA) is 55.1 Å². The van der Waals surface area contributed by atoms with Crippen LogP contribution in [0.25, 0.3) is 22.6 Å². The lowest BCUT2D eigenvalue weighted by Crippen LogP contribution is -2.11. The SMILES string of the molecule is CCc1cc(Br)c2oc(-c3ccc(NC(=O)c4ccc(Cl)c(Cl)c4)cc3)nc2c1. The summed E-state index contributed by atoms with van der Waals surface area (Å²) in [6.45, 7) is 2.10. The normalized spacial score (nSPS) is 11.0. The van der Waals surface area contributed by atoms with Gasteiger partial charge in [0.25, 0.3) is 5.91 Å². The number of hydrogen-bond donors (Lipinski definition) is 1. The fraction of sp³-hybridized carbons (Fsp3) is 0.0909. The minimum atomic E-state index is -0.269. The summed E-state index contributed by atoms with van der Waals surface area (Å²) < 4.78 is 6.81. The summed E-state index contributed by atoms with van der Waals surface area (Å²) in [6.07, 6.45) is 0.921. The number of amides is 1. The van der Waals surface area contributed by atoms with Gasteiger partial charge in [0, 0.05) is 16.8 Å². The molecule has 1 N–H and O–H groups in total. The average Bonchev–Trinajstić information content (AvgIpc) is 3.15. The lowest BCUT2D eigenvalue weighted by atomic mass is 10.1. The summed E-state index contributed by atoms with van der Waals surface area (Å²) in [6, 6.07) is 16.1. The fourth-order valence-electron chi connectivity index (χ4n) is 2.91. The van der Waals surface area contributed by atoms with Crippen LogP contribution in [0.2, 0.25) is 10.0 Å². The molecule has 0 saturated heterocycles. The van der Waals surface area contributed by atoms with Crippen molar-refractivity contribution in [3.05, 3.63) is 80.2 Å². The van der Waals surface area contributed by atoms with E-state index in [4.69, 9.17) is 27.6 Å². The molecule has 146 valence electrons. The zero-order valence-electron chi connectivity index (χ0n) is 15.3. The van der Waals surface area contributed by atoms with E-state index in [2.05, 4.69) is 33.2 Å². The number of halogens is 3. The first-order chi connectivity index (χ1) is 13.9. The summed E-state index contributed by atoms with van der Waals surface area (Å²) in [7, 11) is 0. The first-order valence-corrected chi connectivity index (χ1v) is 10.5. The van der Waals surface area contributed by atoms with Crippen LogP contribution in [-0.4, -0.2) is 10.9 Å². The molecular formula is C22H15BrCl2N2O2. The van der Waals surface area contributed by atoms with Crippen molar-refractivity contribution in [3.8, 4) is 11.5 Å². The van der Waals surface area contributed by atoms with Crippen LogP contribution >= 0.6 is 39.1 Å². The zero-order chi connectivity index (χ0) is 20.5. The number of aromatic nitrogens is 1. The number of nitrogens with zero attached hydrogens (tertiary/aromatic N) is 1. The quantitative estimate of drug-likeness (QED) is 0.325. The van der Waals surface area contributed by atoms with Crippen molar-refractivity contribution in [2.45, 2.75) is 13.3 Å². The van der Waals surface area contributed by atoms with Crippen molar-refractivity contribution in [2.75, 3.05) is 5.32 Å². The predicted molar refractivity (Wildman–Crippen MR) is 121 cm³/mol. The number of anilines is 1. The van der Waals surface area contributed by atoms with Gasteiger partial charge in [-0.2, -0.15) is 0 Å². The first kappa shape index (κ1) is 20.0. The first-order valence-electron chi connectivity index (χ1n) is 8.90. The van der Waals surface area contributed by atoms with Gasteiger partial charge in [-0.1, -0.05) is 30.1 Å². The molecule has 0 spiro atoms. The van der Waals surface area contributed by atoms with Gasteiger partial charge in [-0.15, -0.1) is 0 Å². The molecule has 0 atom stereocenters. The monoisotopic (exact) mass is 488 g/mol. The summed E-state index contributed by atoms with van der Waals surface area (Å²) in [4.78, 5) is 17.0. The Labute approximate surface area is 186 Å². The molecule has 1 heterocycles. The van der Waals surface area contributed by atoms with E-state index in [0.29, 0.717) is 32.8 Å². The van der Waals surface area contributed by atoms with E-state index in [-0.39, 0.29) is 5.91 Å². The second-order valence-electron chi connectivity index (χ2n) is 6.46. The van der Waals surface area contributed by atoms with Gasteiger partial charge < -0.3 is 9.73 Å². The Balaban J connectivity index is 1.56. The molecule has 0 fully saturated rings. The maximum Gasteiger partial charge on any atom is 0.255 e. The number of hydrogen-bond acceptors (Lipinski definition) is 3. The van der Waals surface area contributed by atoms with Crippen LogP contribution < -0.4 is 5.32 Å². The standard InChI is InChI=1S/C22H15BrCl2N2O2/c1-2-12-9-16(23)20-19(10-12)27-22(29-20)13-3-6-15(7-4-13)26-21(28)14-5-8-17(24)18(25)11-14/h3-11H,2H2,1H3,(H,26,28). The largest absolute Gasteiger partial charge is 0.435 e. The Morgan fingerprint density at radius 3 is 2.52 bits per heavy atom. The third kappa shape index (κ3) is 4.17. The maximum absolute atomic E-state index is 12.4. The van der Waals surface area contributed by atoms with Crippen LogP contribution in [0, 0.1) is 0 Å². The van der Waals surface area contributed by atoms with Crippen molar-refractivity contribution >= 4 is 61.8 Å².